The van der Waals surface area contributed by atoms with E-state index in [0.29, 0.717) is 25.9 Å². The molecule has 1 amide bonds. The molecule has 0 spiro atoms. The molecule has 6 heteroatoms. The molecule has 2 unspecified atom stereocenters. The number of ether oxygens (including phenoxy) is 1. The van der Waals surface area contributed by atoms with Crippen molar-refractivity contribution < 1.29 is 24.5 Å². The Bertz CT molecular complexity index is 1100. The summed E-state index contributed by atoms with van der Waals surface area (Å²) in [6.07, 6.45) is 76.7. The number of amides is 1. The third-order valence-electron chi connectivity index (χ3n) is 15.8. The van der Waals surface area contributed by atoms with Crippen LogP contribution in [0.2, 0.25) is 0 Å². The van der Waals surface area contributed by atoms with Gasteiger partial charge < -0.3 is 20.3 Å². The highest BCUT2D eigenvalue weighted by molar-refractivity contribution is 5.76. The van der Waals surface area contributed by atoms with Gasteiger partial charge in [0.15, 0.2) is 0 Å². The van der Waals surface area contributed by atoms with Crippen LogP contribution in [0.15, 0.2) is 12.2 Å². The fourth-order valence-corrected chi connectivity index (χ4v) is 10.7. The lowest BCUT2D eigenvalue weighted by Crippen LogP contribution is -2.45. The number of esters is 1. The van der Waals surface area contributed by atoms with Crippen molar-refractivity contribution >= 4 is 11.9 Å². The smallest absolute Gasteiger partial charge is 0.305 e. The molecule has 0 aliphatic carbocycles. The highest BCUT2D eigenvalue weighted by Gasteiger charge is 2.20. The molecule has 2 atom stereocenters. The summed E-state index contributed by atoms with van der Waals surface area (Å²) in [4.78, 5) is 24.6. The molecule has 0 aromatic rings. The molecule has 0 aliphatic heterocycles. The lowest BCUT2D eigenvalue weighted by Gasteiger charge is -2.22. The number of unbranched alkanes of at least 4 members (excludes halogenated alkanes) is 50. The van der Waals surface area contributed by atoms with Gasteiger partial charge in [-0.2, -0.15) is 0 Å². The van der Waals surface area contributed by atoms with E-state index in [9.17, 15) is 19.8 Å². The molecule has 0 aliphatic rings. The van der Waals surface area contributed by atoms with Gasteiger partial charge in [-0.05, 0) is 51.4 Å². The second-order valence-corrected chi connectivity index (χ2v) is 23.2. The average Bonchev–Trinajstić information content (AvgIpc) is 3.39. The van der Waals surface area contributed by atoms with E-state index in [1.807, 2.05) is 0 Å². The minimum atomic E-state index is -0.662. The Morgan fingerprint density at radius 2 is 0.644 bits per heavy atom. The van der Waals surface area contributed by atoms with Crippen molar-refractivity contribution in [3.63, 3.8) is 0 Å². The van der Waals surface area contributed by atoms with Gasteiger partial charge >= 0.3 is 5.97 Å². The van der Waals surface area contributed by atoms with Crippen LogP contribution in [0.1, 0.15) is 380 Å². The molecule has 0 fully saturated rings. The molecule has 0 radical (unpaired) electrons. The van der Waals surface area contributed by atoms with E-state index in [1.54, 1.807) is 0 Å². The van der Waals surface area contributed by atoms with Gasteiger partial charge in [0.2, 0.25) is 5.91 Å². The van der Waals surface area contributed by atoms with Crippen molar-refractivity contribution in [3.8, 4) is 0 Å². The first kappa shape index (κ1) is 71.6. The standard InChI is InChI=1S/C67H131NO5/c1-3-5-7-9-11-13-15-17-19-33-37-41-45-49-53-57-61-67(72)73-62-58-54-50-46-42-38-34-30-28-26-24-22-20-21-23-25-27-29-32-36-40-44-48-52-56-60-66(71)68-64(63-69)65(70)59-55-51-47-43-39-35-31-18-16-14-12-10-8-6-4-2/h19,33,64-65,69-70H,3-18,20-32,34-63H2,1-2H3,(H,68,71)/b33-19-. The molecule has 0 saturated carbocycles. The van der Waals surface area contributed by atoms with E-state index in [0.717, 1.165) is 44.9 Å². The molecule has 0 heterocycles. The van der Waals surface area contributed by atoms with E-state index in [1.165, 1.54) is 302 Å². The summed E-state index contributed by atoms with van der Waals surface area (Å²) in [6, 6.07) is -0.539. The molecule has 6 nitrogen and oxygen atoms in total. The normalized spacial score (nSPS) is 12.5. The Balaban J connectivity index is 3.34. The van der Waals surface area contributed by atoms with E-state index < -0.39 is 12.1 Å². The van der Waals surface area contributed by atoms with Gasteiger partial charge in [0.25, 0.3) is 0 Å². The van der Waals surface area contributed by atoms with Gasteiger partial charge in [0.05, 0.1) is 25.4 Å². The molecular formula is C67H131NO5. The zero-order chi connectivity index (χ0) is 52.9. The SMILES string of the molecule is CCCCCCCCC/C=C\CCCCCCCC(=O)OCCCCCCCCCCCCCCCCCCCCCCCCCCCC(=O)NC(CO)C(O)CCCCCCCCCCCCCCCCC. The van der Waals surface area contributed by atoms with Crippen molar-refractivity contribution in [2.75, 3.05) is 13.2 Å². The van der Waals surface area contributed by atoms with Crippen LogP contribution in [-0.4, -0.2) is 47.4 Å². The number of hydrogen-bond acceptors (Lipinski definition) is 5. The molecule has 0 aromatic carbocycles. The second-order valence-electron chi connectivity index (χ2n) is 23.2. The summed E-state index contributed by atoms with van der Waals surface area (Å²) in [6.45, 7) is 4.98. The highest BCUT2D eigenvalue weighted by Crippen LogP contribution is 2.19. The maximum absolute atomic E-state index is 12.5. The third-order valence-corrected chi connectivity index (χ3v) is 15.8. The molecule has 73 heavy (non-hydrogen) atoms. The average molecular weight is 1030 g/mol. The number of rotatable bonds is 63. The van der Waals surface area contributed by atoms with Crippen LogP contribution in [0.3, 0.4) is 0 Å². The fraction of sp³-hybridized carbons (Fsp3) is 0.940. The number of carbonyl (C=O) groups is 2. The van der Waals surface area contributed by atoms with Crippen molar-refractivity contribution in [2.45, 2.75) is 392 Å². The Kier molecular flexibility index (Phi) is 61.9. The summed E-state index contributed by atoms with van der Waals surface area (Å²) < 4.78 is 5.49. The molecule has 3 N–H and O–H groups in total. The Morgan fingerprint density at radius 1 is 0.370 bits per heavy atom. The van der Waals surface area contributed by atoms with Crippen LogP contribution in [-0.2, 0) is 14.3 Å². The first-order valence-electron chi connectivity index (χ1n) is 33.4. The minimum Gasteiger partial charge on any atom is -0.466 e. The van der Waals surface area contributed by atoms with E-state index >= 15 is 0 Å². The summed E-state index contributed by atoms with van der Waals surface area (Å²) in [5, 5.41) is 23.3. The van der Waals surface area contributed by atoms with Crippen LogP contribution in [0.5, 0.6) is 0 Å². The van der Waals surface area contributed by atoms with Crippen molar-refractivity contribution in [1.82, 2.24) is 5.32 Å². The molecule has 434 valence electrons. The molecule has 0 bridgehead atoms. The van der Waals surface area contributed by atoms with Crippen LogP contribution >= 0.6 is 0 Å². The van der Waals surface area contributed by atoms with Gasteiger partial charge in [0, 0.05) is 12.8 Å². The lowest BCUT2D eigenvalue weighted by atomic mass is 10.0. The second kappa shape index (κ2) is 63.1. The first-order valence-corrected chi connectivity index (χ1v) is 33.4. The maximum Gasteiger partial charge on any atom is 0.305 e. The Hall–Kier alpha value is -1.40. The van der Waals surface area contributed by atoms with Crippen molar-refractivity contribution in [1.29, 1.82) is 0 Å². The Labute approximate surface area is 457 Å². The summed E-state index contributed by atoms with van der Waals surface area (Å²) in [5.41, 5.74) is 0. The van der Waals surface area contributed by atoms with Crippen LogP contribution in [0, 0.1) is 0 Å². The van der Waals surface area contributed by atoms with Gasteiger partial charge in [-0.1, -0.05) is 328 Å². The maximum atomic E-state index is 12.5. The zero-order valence-corrected chi connectivity index (χ0v) is 49.6. The van der Waals surface area contributed by atoms with Crippen molar-refractivity contribution in [2.24, 2.45) is 0 Å². The monoisotopic (exact) mass is 1030 g/mol. The van der Waals surface area contributed by atoms with Gasteiger partial charge in [0.1, 0.15) is 0 Å². The molecular weight excluding hydrogens is 899 g/mol. The summed E-state index contributed by atoms with van der Waals surface area (Å²) in [7, 11) is 0. The van der Waals surface area contributed by atoms with E-state index in [2.05, 4.69) is 31.3 Å². The third kappa shape index (κ3) is 59.7. The highest BCUT2D eigenvalue weighted by atomic mass is 16.5. The number of aliphatic hydroxyl groups is 2. The van der Waals surface area contributed by atoms with E-state index in [4.69, 9.17) is 4.74 Å². The zero-order valence-electron chi connectivity index (χ0n) is 49.6. The predicted octanol–water partition coefficient (Wildman–Crippen LogP) is 21.2. The number of aliphatic hydroxyl groups excluding tert-OH is 2. The number of hydrogen-bond donors (Lipinski definition) is 3. The first-order chi connectivity index (χ1) is 36.0. The van der Waals surface area contributed by atoms with Crippen molar-refractivity contribution in [3.05, 3.63) is 12.2 Å². The predicted molar refractivity (Wildman–Crippen MR) is 320 cm³/mol. The van der Waals surface area contributed by atoms with Gasteiger partial charge in [-0.25, -0.2) is 0 Å². The van der Waals surface area contributed by atoms with Gasteiger partial charge in [-0.3, -0.25) is 9.59 Å². The summed E-state index contributed by atoms with van der Waals surface area (Å²) >= 11 is 0. The molecule has 0 aromatic heterocycles. The minimum absolute atomic E-state index is 0.00990. The van der Waals surface area contributed by atoms with Crippen LogP contribution in [0.4, 0.5) is 0 Å². The largest absolute Gasteiger partial charge is 0.466 e. The molecule has 0 rings (SSSR count). The van der Waals surface area contributed by atoms with Gasteiger partial charge in [-0.15, -0.1) is 0 Å². The lowest BCUT2D eigenvalue weighted by molar-refractivity contribution is -0.143. The fourth-order valence-electron chi connectivity index (χ4n) is 10.7. The topological polar surface area (TPSA) is 95.9 Å². The molecule has 0 saturated heterocycles. The quantitative estimate of drug-likeness (QED) is 0.0320. The van der Waals surface area contributed by atoms with Crippen LogP contribution in [0.25, 0.3) is 0 Å². The summed E-state index contributed by atoms with van der Waals surface area (Å²) in [5.74, 6) is -0.0204. The van der Waals surface area contributed by atoms with Crippen LogP contribution < -0.4 is 5.32 Å². The number of nitrogens with one attached hydrogen (secondary N) is 1. The van der Waals surface area contributed by atoms with E-state index in [-0.39, 0.29) is 18.5 Å². The Morgan fingerprint density at radius 3 is 0.973 bits per heavy atom. The number of allylic oxidation sites excluding steroid dienone is 2. The number of carbonyl (C=O) groups excluding carboxylic acids is 2.